The molecule has 96 valence electrons. The molecule has 0 aliphatic carbocycles. The van der Waals surface area contributed by atoms with E-state index >= 15 is 0 Å². The summed E-state index contributed by atoms with van der Waals surface area (Å²) < 4.78 is 1.84. The zero-order valence-electron chi connectivity index (χ0n) is 11.2. The maximum Gasteiger partial charge on any atom is 0.0522 e. The van der Waals surface area contributed by atoms with Gasteiger partial charge in [-0.15, -0.1) is 0 Å². The fourth-order valence-corrected chi connectivity index (χ4v) is 2.25. The monoisotopic (exact) mass is 244 g/mol. The van der Waals surface area contributed by atoms with Crippen molar-refractivity contribution in [2.24, 2.45) is 7.05 Å². The minimum Gasteiger partial charge on any atom is -0.313 e. The van der Waals surface area contributed by atoms with Crippen molar-refractivity contribution in [3.8, 4) is 0 Å². The van der Waals surface area contributed by atoms with Crippen LogP contribution in [0.3, 0.4) is 0 Å². The molecule has 2 aromatic heterocycles. The van der Waals surface area contributed by atoms with E-state index in [0.29, 0.717) is 6.04 Å². The molecule has 0 aliphatic heterocycles. The molecule has 0 aromatic carbocycles. The molecule has 0 bridgehead atoms. The fourth-order valence-electron chi connectivity index (χ4n) is 2.25. The molecule has 18 heavy (non-hydrogen) atoms. The minimum atomic E-state index is 0.312. The molecule has 1 N–H and O–H groups in total. The van der Waals surface area contributed by atoms with Gasteiger partial charge in [-0.2, -0.15) is 5.10 Å². The smallest absolute Gasteiger partial charge is 0.0522 e. The third-order valence-electron chi connectivity index (χ3n) is 3.24. The van der Waals surface area contributed by atoms with Crippen LogP contribution in [0.4, 0.5) is 0 Å². The van der Waals surface area contributed by atoms with Gasteiger partial charge in [0.15, 0.2) is 0 Å². The van der Waals surface area contributed by atoms with E-state index in [-0.39, 0.29) is 0 Å². The summed E-state index contributed by atoms with van der Waals surface area (Å²) in [4.78, 5) is 4.20. The highest BCUT2D eigenvalue weighted by Gasteiger charge is 2.14. The average molecular weight is 244 g/mol. The van der Waals surface area contributed by atoms with Gasteiger partial charge in [0.1, 0.15) is 0 Å². The van der Waals surface area contributed by atoms with Crippen LogP contribution < -0.4 is 5.32 Å². The van der Waals surface area contributed by atoms with Crippen LogP contribution in [-0.2, 0) is 19.9 Å². The van der Waals surface area contributed by atoms with E-state index in [4.69, 9.17) is 0 Å². The van der Waals surface area contributed by atoms with Crippen LogP contribution in [0.1, 0.15) is 29.7 Å². The number of nitrogens with one attached hydrogen (secondary N) is 1. The molecule has 2 aromatic rings. The highest BCUT2D eigenvalue weighted by atomic mass is 15.2. The highest BCUT2D eigenvalue weighted by molar-refractivity contribution is 5.28. The Morgan fingerprint density at radius 1 is 1.39 bits per heavy atom. The molecule has 0 spiro atoms. The lowest BCUT2D eigenvalue weighted by Gasteiger charge is -2.18. The first-order chi connectivity index (χ1) is 8.74. The molecule has 1 atom stereocenters. The summed E-state index contributed by atoms with van der Waals surface area (Å²) in [5.74, 6) is 0. The summed E-state index contributed by atoms with van der Waals surface area (Å²) in [7, 11) is 3.95. The van der Waals surface area contributed by atoms with Gasteiger partial charge in [0, 0.05) is 31.7 Å². The summed E-state index contributed by atoms with van der Waals surface area (Å²) in [6.45, 7) is 2.16. The second-order valence-electron chi connectivity index (χ2n) is 4.50. The molecule has 2 heterocycles. The van der Waals surface area contributed by atoms with Crippen molar-refractivity contribution in [2.75, 3.05) is 7.05 Å². The molecule has 2 rings (SSSR count). The van der Waals surface area contributed by atoms with E-state index < -0.39 is 0 Å². The quantitative estimate of drug-likeness (QED) is 0.873. The normalized spacial score (nSPS) is 12.6. The van der Waals surface area contributed by atoms with Crippen molar-refractivity contribution in [3.63, 3.8) is 0 Å². The fraction of sp³-hybridized carbons (Fsp3) is 0.429. The Kier molecular flexibility index (Phi) is 4.10. The lowest BCUT2D eigenvalue weighted by molar-refractivity contribution is 0.585. The number of rotatable bonds is 5. The zero-order chi connectivity index (χ0) is 13.0. The highest BCUT2D eigenvalue weighted by Crippen LogP contribution is 2.21. The van der Waals surface area contributed by atoms with Gasteiger partial charge in [-0.25, -0.2) is 0 Å². The number of likely N-dealkylation sites (N-methyl/N-ethyl adjacent to an activating group) is 1. The topological polar surface area (TPSA) is 42.7 Å². The SMILES string of the molecule is CCc1cnccc1C(Cc1cnn(C)c1)NC. The number of nitrogens with zero attached hydrogens (tertiary/aromatic N) is 3. The molecule has 0 radical (unpaired) electrons. The first-order valence-corrected chi connectivity index (χ1v) is 6.32. The molecule has 0 fully saturated rings. The van der Waals surface area contributed by atoms with Gasteiger partial charge in [0.2, 0.25) is 0 Å². The number of aromatic nitrogens is 3. The van der Waals surface area contributed by atoms with Crippen LogP contribution in [0.15, 0.2) is 30.9 Å². The van der Waals surface area contributed by atoms with Crippen molar-refractivity contribution in [1.29, 1.82) is 0 Å². The van der Waals surface area contributed by atoms with Gasteiger partial charge < -0.3 is 5.32 Å². The van der Waals surface area contributed by atoms with Crippen molar-refractivity contribution < 1.29 is 0 Å². The Hall–Kier alpha value is -1.68. The van der Waals surface area contributed by atoms with E-state index in [1.807, 2.05) is 37.4 Å². The number of pyridine rings is 1. The largest absolute Gasteiger partial charge is 0.313 e. The second-order valence-corrected chi connectivity index (χ2v) is 4.50. The van der Waals surface area contributed by atoms with E-state index in [2.05, 4.69) is 34.6 Å². The van der Waals surface area contributed by atoms with Gasteiger partial charge in [-0.05, 0) is 42.6 Å². The molecular weight excluding hydrogens is 224 g/mol. The van der Waals surface area contributed by atoms with Crippen LogP contribution in [0.25, 0.3) is 0 Å². The first kappa shape index (κ1) is 12.8. The molecular formula is C14H20N4. The zero-order valence-corrected chi connectivity index (χ0v) is 11.2. The van der Waals surface area contributed by atoms with Crippen LogP contribution in [0, 0.1) is 0 Å². The van der Waals surface area contributed by atoms with Gasteiger partial charge in [0.05, 0.1) is 6.20 Å². The Morgan fingerprint density at radius 2 is 2.22 bits per heavy atom. The Bertz CT molecular complexity index is 504. The van der Waals surface area contributed by atoms with E-state index in [1.165, 1.54) is 16.7 Å². The maximum atomic E-state index is 4.22. The van der Waals surface area contributed by atoms with Crippen LogP contribution in [0.2, 0.25) is 0 Å². The summed E-state index contributed by atoms with van der Waals surface area (Å²) in [6, 6.07) is 2.42. The van der Waals surface area contributed by atoms with Crippen molar-refractivity contribution in [2.45, 2.75) is 25.8 Å². The van der Waals surface area contributed by atoms with Gasteiger partial charge >= 0.3 is 0 Å². The lowest BCUT2D eigenvalue weighted by Crippen LogP contribution is -2.20. The minimum absolute atomic E-state index is 0.312. The predicted octanol–water partition coefficient (Wildman–Crippen LogP) is 1.88. The van der Waals surface area contributed by atoms with E-state index in [1.54, 1.807) is 0 Å². The maximum absolute atomic E-state index is 4.22. The summed E-state index contributed by atoms with van der Waals surface area (Å²) in [5.41, 5.74) is 3.88. The third kappa shape index (κ3) is 2.76. The van der Waals surface area contributed by atoms with Gasteiger partial charge in [-0.1, -0.05) is 6.92 Å². The number of aryl methyl sites for hydroxylation is 2. The molecule has 0 saturated carbocycles. The van der Waals surface area contributed by atoms with Crippen molar-refractivity contribution in [3.05, 3.63) is 47.5 Å². The molecule has 0 amide bonds. The summed E-state index contributed by atoms with van der Waals surface area (Å²) in [5, 5.41) is 7.60. The molecule has 4 heteroatoms. The number of hydrogen-bond acceptors (Lipinski definition) is 3. The van der Waals surface area contributed by atoms with Gasteiger partial charge in [0.25, 0.3) is 0 Å². The Labute approximate surface area is 108 Å². The lowest BCUT2D eigenvalue weighted by atomic mass is 9.96. The van der Waals surface area contributed by atoms with E-state index in [0.717, 1.165) is 12.8 Å². The van der Waals surface area contributed by atoms with Crippen molar-refractivity contribution >= 4 is 0 Å². The van der Waals surface area contributed by atoms with Crippen LogP contribution in [0.5, 0.6) is 0 Å². The summed E-state index contributed by atoms with van der Waals surface area (Å²) in [6.07, 6.45) is 9.77. The molecule has 0 aliphatic rings. The Balaban J connectivity index is 2.22. The molecule has 0 saturated heterocycles. The second kappa shape index (κ2) is 5.78. The third-order valence-corrected chi connectivity index (χ3v) is 3.24. The van der Waals surface area contributed by atoms with Crippen LogP contribution in [-0.4, -0.2) is 21.8 Å². The van der Waals surface area contributed by atoms with Gasteiger partial charge in [-0.3, -0.25) is 9.67 Å². The van der Waals surface area contributed by atoms with E-state index in [9.17, 15) is 0 Å². The van der Waals surface area contributed by atoms with Crippen LogP contribution >= 0.6 is 0 Å². The first-order valence-electron chi connectivity index (χ1n) is 6.32. The molecule has 4 nitrogen and oxygen atoms in total. The van der Waals surface area contributed by atoms with Crippen molar-refractivity contribution in [1.82, 2.24) is 20.1 Å². The molecule has 1 unspecified atom stereocenters. The summed E-state index contributed by atoms with van der Waals surface area (Å²) >= 11 is 0. The standard InChI is InChI=1S/C14H20N4/c1-4-12-9-16-6-5-13(12)14(15-2)7-11-8-17-18(3)10-11/h5-6,8-10,14-15H,4,7H2,1-3H3. The average Bonchev–Trinajstić information content (AvgIpc) is 2.81. The Morgan fingerprint density at radius 3 is 2.83 bits per heavy atom. The number of hydrogen-bond donors (Lipinski definition) is 1. The predicted molar refractivity (Wildman–Crippen MR) is 72.3 cm³/mol.